The number of halogens is 4. The average molecular weight is 455 g/mol. The number of aromatic hydroxyl groups is 1. The number of benzene rings is 1. The summed E-state index contributed by atoms with van der Waals surface area (Å²) < 4.78 is 0. The van der Waals surface area contributed by atoms with Gasteiger partial charge in [0.25, 0.3) is 0 Å². The van der Waals surface area contributed by atoms with Gasteiger partial charge in [-0.15, -0.1) is 6.42 Å². The molecule has 0 amide bonds. The zero-order valence-electron chi connectivity index (χ0n) is 11.6. The summed E-state index contributed by atoms with van der Waals surface area (Å²) in [7, 11) is 0. The Hall–Kier alpha value is -0.0469. The fourth-order valence-electron chi connectivity index (χ4n) is 1.64. The minimum absolute atomic E-state index is 0. The molecule has 22 heavy (non-hydrogen) atoms. The first-order valence-electron chi connectivity index (χ1n) is 5.75. The van der Waals surface area contributed by atoms with Crippen LogP contribution in [0.5, 0.6) is 5.75 Å². The number of allylic oxidation sites excluding steroid dienone is 4. The Kier molecular flexibility index (Phi) is 12.6. The Morgan fingerprint density at radius 2 is 1.86 bits per heavy atom. The maximum atomic E-state index is 9.65. The molecule has 0 unspecified atom stereocenters. The van der Waals surface area contributed by atoms with Gasteiger partial charge in [-0.1, -0.05) is 23.2 Å². The van der Waals surface area contributed by atoms with Gasteiger partial charge in [-0.2, -0.15) is 6.08 Å². The molecular weight excluding hydrogens is 443 g/mol. The molecule has 1 aliphatic rings. The van der Waals surface area contributed by atoms with Gasteiger partial charge in [-0.25, -0.2) is 17.1 Å². The minimum atomic E-state index is -0.0187. The third kappa shape index (κ3) is 6.22. The van der Waals surface area contributed by atoms with Crippen LogP contribution in [-0.4, -0.2) is 10.1 Å². The van der Waals surface area contributed by atoms with Gasteiger partial charge in [0.2, 0.25) is 0 Å². The number of hydrogen-bond donors (Lipinski definition) is 1. The van der Waals surface area contributed by atoms with Crippen LogP contribution in [0.1, 0.15) is 12.1 Å². The molecule has 0 saturated carbocycles. The van der Waals surface area contributed by atoms with Crippen molar-refractivity contribution in [2.24, 2.45) is 0 Å². The number of phenolic OH excluding ortho intramolecular Hbond substituents is 1. The maximum Gasteiger partial charge on any atom is 3.00 e. The SMILES string of the molecule is Cc1ccc2c(Cl)cc(Cl)c(O)c2n1.[C-]1=CC=CC1.[Cl-].[Cl-].[Zr+3]. The van der Waals surface area contributed by atoms with E-state index >= 15 is 0 Å². The van der Waals surface area contributed by atoms with Crippen molar-refractivity contribution in [3.05, 3.63) is 58.2 Å². The van der Waals surface area contributed by atoms with E-state index in [1.165, 1.54) is 6.07 Å². The predicted molar refractivity (Wildman–Crippen MR) is 79.7 cm³/mol. The first-order chi connectivity index (χ1) is 9.09. The molecule has 115 valence electrons. The molecule has 7 heteroatoms. The molecule has 0 bridgehead atoms. The van der Waals surface area contributed by atoms with Crippen LogP contribution in [0.2, 0.25) is 10.0 Å². The van der Waals surface area contributed by atoms with Crippen molar-refractivity contribution < 1.29 is 56.1 Å². The molecule has 1 radical (unpaired) electrons. The van der Waals surface area contributed by atoms with Crippen LogP contribution in [0.3, 0.4) is 0 Å². The summed E-state index contributed by atoms with van der Waals surface area (Å²) in [6, 6.07) is 5.16. The second kappa shape index (κ2) is 11.5. The predicted octanol–water partition coefficient (Wildman–Crippen LogP) is -1.13. The third-order valence-electron chi connectivity index (χ3n) is 2.58. The van der Waals surface area contributed by atoms with E-state index in [9.17, 15) is 5.11 Å². The van der Waals surface area contributed by atoms with Gasteiger partial charge >= 0.3 is 26.2 Å². The van der Waals surface area contributed by atoms with Crippen molar-refractivity contribution in [1.29, 1.82) is 0 Å². The van der Waals surface area contributed by atoms with Crippen molar-refractivity contribution in [3.63, 3.8) is 0 Å². The second-order valence-corrected chi connectivity index (χ2v) is 4.86. The van der Waals surface area contributed by atoms with Crippen LogP contribution in [0, 0.1) is 13.0 Å². The normalized spacial score (nSPS) is 10.9. The molecule has 0 spiro atoms. The standard InChI is InChI=1S/C10H7Cl2NO.C5H5.2ClH.Zr/c1-5-2-3-6-7(11)4-8(12)10(14)9(6)13-5;1-2-4-5-3-1;;;/h2-4,14H,1H3;1-3H,4H2;2*1H;/q;-1;;;+3/p-2. The van der Waals surface area contributed by atoms with E-state index in [2.05, 4.69) is 17.1 Å². The summed E-state index contributed by atoms with van der Waals surface area (Å²) >= 11 is 11.7. The summed E-state index contributed by atoms with van der Waals surface area (Å²) in [6.45, 7) is 1.84. The van der Waals surface area contributed by atoms with Gasteiger partial charge in [0, 0.05) is 11.1 Å². The fraction of sp³-hybridized carbons (Fsp3) is 0.133. The number of phenols is 1. The molecule has 1 aromatic heterocycles. The molecule has 2 nitrogen and oxygen atoms in total. The Labute approximate surface area is 171 Å². The summed E-state index contributed by atoms with van der Waals surface area (Å²) in [5.74, 6) is -0.0187. The van der Waals surface area contributed by atoms with Gasteiger partial charge in [-0.3, -0.25) is 6.08 Å². The molecule has 2 aromatic rings. The van der Waals surface area contributed by atoms with Crippen LogP contribution in [-0.2, 0) is 26.2 Å². The molecule has 0 aliphatic heterocycles. The quantitative estimate of drug-likeness (QED) is 0.511. The molecule has 1 heterocycles. The average Bonchev–Trinajstić information content (AvgIpc) is 2.95. The van der Waals surface area contributed by atoms with Crippen LogP contribution < -0.4 is 24.8 Å². The fourth-order valence-corrected chi connectivity index (χ4v) is 2.16. The Morgan fingerprint density at radius 1 is 1.18 bits per heavy atom. The topological polar surface area (TPSA) is 33.1 Å². The summed E-state index contributed by atoms with van der Waals surface area (Å²) in [5.41, 5.74) is 1.26. The van der Waals surface area contributed by atoms with E-state index in [0.717, 1.165) is 12.1 Å². The molecule has 1 N–H and O–H groups in total. The zero-order valence-corrected chi connectivity index (χ0v) is 17.1. The third-order valence-corrected chi connectivity index (χ3v) is 3.18. The molecule has 0 fully saturated rings. The molecular formula is C15H12Cl4NOZr. The Balaban J connectivity index is 0. The number of aryl methyl sites for hydroxylation is 1. The van der Waals surface area contributed by atoms with Gasteiger partial charge in [0.05, 0.1) is 10.0 Å². The second-order valence-electron chi connectivity index (χ2n) is 4.04. The smallest absolute Gasteiger partial charge is 1.00 e. The molecule has 1 aliphatic carbocycles. The Morgan fingerprint density at radius 3 is 2.36 bits per heavy atom. The van der Waals surface area contributed by atoms with Crippen LogP contribution in [0.25, 0.3) is 10.9 Å². The van der Waals surface area contributed by atoms with Crippen LogP contribution >= 0.6 is 23.2 Å². The van der Waals surface area contributed by atoms with Crippen LogP contribution in [0.15, 0.2) is 36.4 Å². The number of pyridine rings is 1. The minimum Gasteiger partial charge on any atom is -1.00 e. The Bertz CT molecular complexity index is 664. The summed E-state index contributed by atoms with van der Waals surface area (Å²) in [4.78, 5) is 4.18. The van der Waals surface area contributed by atoms with Gasteiger partial charge in [0.1, 0.15) is 5.52 Å². The van der Waals surface area contributed by atoms with Crippen molar-refractivity contribution in [2.75, 3.05) is 0 Å². The van der Waals surface area contributed by atoms with E-state index in [-0.39, 0.29) is 61.8 Å². The summed E-state index contributed by atoms with van der Waals surface area (Å²) in [6.07, 6.45) is 10.0. The number of fused-ring (bicyclic) bond motifs is 1. The van der Waals surface area contributed by atoms with E-state index in [0.29, 0.717) is 15.9 Å². The van der Waals surface area contributed by atoms with Crippen molar-refractivity contribution in [2.45, 2.75) is 13.3 Å². The van der Waals surface area contributed by atoms with Gasteiger partial charge in [-0.05, 0) is 25.1 Å². The van der Waals surface area contributed by atoms with E-state index in [1.54, 1.807) is 0 Å². The van der Waals surface area contributed by atoms with Crippen molar-refractivity contribution >= 4 is 34.1 Å². The number of hydrogen-bond acceptors (Lipinski definition) is 2. The molecule has 3 rings (SSSR count). The number of nitrogens with zero attached hydrogens (tertiary/aromatic N) is 1. The zero-order chi connectivity index (χ0) is 13.8. The van der Waals surface area contributed by atoms with Crippen molar-refractivity contribution in [1.82, 2.24) is 4.98 Å². The monoisotopic (exact) mass is 452 g/mol. The largest absolute Gasteiger partial charge is 3.00 e. The first kappa shape index (κ1) is 24.2. The molecule has 1 aromatic carbocycles. The number of aromatic nitrogens is 1. The van der Waals surface area contributed by atoms with E-state index in [1.807, 2.05) is 31.2 Å². The van der Waals surface area contributed by atoms with Crippen LogP contribution in [0.4, 0.5) is 0 Å². The van der Waals surface area contributed by atoms with Gasteiger partial charge < -0.3 is 29.9 Å². The first-order valence-corrected chi connectivity index (χ1v) is 6.51. The summed E-state index contributed by atoms with van der Waals surface area (Å²) in [5, 5.41) is 11.1. The van der Waals surface area contributed by atoms with E-state index < -0.39 is 0 Å². The molecule has 0 atom stereocenters. The van der Waals surface area contributed by atoms with Crippen molar-refractivity contribution in [3.8, 4) is 5.75 Å². The maximum absolute atomic E-state index is 9.65. The number of rotatable bonds is 0. The van der Waals surface area contributed by atoms with Gasteiger partial charge in [0.15, 0.2) is 5.75 Å². The van der Waals surface area contributed by atoms with E-state index in [4.69, 9.17) is 23.2 Å². The molecule has 0 saturated heterocycles.